The maximum absolute atomic E-state index is 2.49. The summed E-state index contributed by atoms with van der Waals surface area (Å²) in [6.07, 6.45) is 9.28. The third-order valence-electron chi connectivity index (χ3n) is 4.67. The standard InChI is InChI=1S/C21H23Si/c1-3-11-18-12-10-17-21(18)22(2,19-13-6-4-7-14-19)20-15-8-5-9-16-20/h4-10,12-17H,3,11H2,1-2H3. The molecule has 0 aromatic heterocycles. The average Bonchev–Trinajstić information content (AvgIpc) is 3.05. The summed E-state index contributed by atoms with van der Waals surface area (Å²) < 4.78 is 0. The molecule has 0 bridgehead atoms. The summed E-state index contributed by atoms with van der Waals surface area (Å²) in [4.78, 5) is 0. The van der Waals surface area contributed by atoms with Crippen LogP contribution in [0.25, 0.3) is 0 Å². The van der Waals surface area contributed by atoms with E-state index in [1.54, 1.807) is 5.54 Å². The number of allylic oxidation sites excluding steroid dienone is 4. The van der Waals surface area contributed by atoms with Gasteiger partial charge in [0.15, 0.2) is 0 Å². The molecule has 3 rings (SSSR count). The van der Waals surface area contributed by atoms with Crippen LogP contribution in [0, 0.1) is 5.54 Å². The Kier molecular flexibility index (Phi) is 4.44. The first-order valence-electron chi connectivity index (χ1n) is 8.13. The molecule has 0 saturated carbocycles. The lowest BCUT2D eigenvalue weighted by atomic mass is 10.1. The van der Waals surface area contributed by atoms with Gasteiger partial charge in [-0.1, -0.05) is 115 Å². The van der Waals surface area contributed by atoms with Gasteiger partial charge in [0.05, 0.1) is 0 Å². The Hall–Kier alpha value is -1.86. The van der Waals surface area contributed by atoms with E-state index >= 15 is 0 Å². The molecule has 0 heterocycles. The average molecular weight is 304 g/mol. The van der Waals surface area contributed by atoms with Crippen molar-refractivity contribution in [3.05, 3.63) is 90.0 Å². The Bertz CT molecular complexity index is 628. The van der Waals surface area contributed by atoms with Crippen LogP contribution in [-0.2, 0) is 0 Å². The second kappa shape index (κ2) is 6.49. The summed E-state index contributed by atoms with van der Waals surface area (Å²) in [5.41, 5.74) is 3.11. The van der Waals surface area contributed by atoms with Crippen molar-refractivity contribution in [3.8, 4) is 0 Å². The second-order valence-corrected chi connectivity index (χ2v) is 10.0. The van der Waals surface area contributed by atoms with E-state index in [1.807, 2.05) is 0 Å². The van der Waals surface area contributed by atoms with Crippen LogP contribution in [0.2, 0.25) is 6.55 Å². The van der Waals surface area contributed by atoms with E-state index in [1.165, 1.54) is 28.8 Å². The first-order chi connectivity index (χ1) is 10.8. The number of rotatable bonds is 5. The van der Waals surface area contributed by atoms with Crippen molar-refractivity contribution in [3.63, 3.8) is 0 Å². The lowest BCUT2D eigenvalue weighted by Crippen LogP contribution is -2.60. The molecule has 111 valence electrons. The maximum atomic E-state index is 2.49. The fourth-order valence-corrected chi connectivity index (χ4v) is 7.41. The van der Waals surface area contributed by atoms with Gasteiger partial charge in [0.25, 0.3) is 0 Å². The largest absolute Gasteiger partial charge is 0.129 e. The topological polar surface area (TPSA) is 0 Å². The molecule has 0 fully saturated rings. The van der Waals surface area contributed by atoms with Crippen LogP contribution in [-0.4, -0.2) is 8.07 Å². The SMILES string of the molecule is CCCC1=CC=C[C]1[Si](C)(c1ccccc1)c1ccccc1. The number of benzene rings is 2. The Labute approximate surface area is 135 Å². The minimum absolute atomic E-state index is 1.17. The molecular formula is C21H23Si. The molecule has 0 saturated heterocycles. The molecule has 0 unspecified atom stereocenters. The van der Waals surface area contributed by atoms with Crippen LogP contribution in [0.1, 0.15) is 19.8 Å². The third-order valence-corrected chi connectivity index (χ3v) is 9.21. The molecule has 1 aliphatic carbocycles. The molecule has 2 aromatic carbocycles. The summed E-state index contributed by atoms with van der Waals surface area (Å²) in [6, 6.07) is 22.1. The number of hydrogen-bond donors (Lipinski definition) is 0. The van der Waals surface area contributed by atoms with E-state index in [0.717, 1.165) is 0 Å². The molecule has 1 aliphatic rings. The van der Waals surface area contributed by atoms with Gasteiger partial charge in [0.2, 0.25) is 0 Å². The van der Waals surface area contributed by atoms with E-state index in [9.17, 15) is 0 Å². The van der Waals surface area contributed by atoms with Crippen molar-refractivity contribution in [2.24, 2.45) is 0 Å². The van der Waals surface area contributed by atoms with Crippen LogP contribution in [0.5, 0.6) is 0 Å². The first-order valence-corrected chi connectivity index (χ1v) is 10.6. The van der Waals surface area contributed by atoms with Gasteiger partial charge in [-0.2, -0.15) is 0 Å². The highest BCUT2D eigenvalue weighted by atomic mass is 28.3. The second-order valence-electron chi connectivity index (χ2n) is 6.07. The van der Waals surface area contributed by atoms with Crippen LogP contribution < -0.4 is 10.4 Å². The summed E-state index contributed by atoms with van der Waals surface area (Å²) >= 11 is 0. The Balaban J connectivity index is 2.12. The van der Waals surface area contributed by atoms with Gasteiger partial charge in [-0.05, 0) is 6.42 Å². The van der Waals surface area contributed by atoms with Crippen LogP contribution in [0.15, 0.2) is 84.5 Å². The quantitative estimate of drug-likeness (QED) is 0.723. The summed E-state index contributed by atoms with van der Waals surface area (Å²) in [5, 5.41) is 2.98. The van der Waals surface area contributed by atoms with E-state index in [2.05, 4.69) is 92.4 Å². The van der Waals surface area contributed by atoms with Gasteiger partial charge >= 0.3 is 0 Å². The van der Waals surface area contributed by atoms with Crippen molar-refractivity contribution in [2.45, 2.75) is 26.3 Å². The van der Waals surface area contributed by atoms with E-state index in [0.29, 0.717) is 0 Å². The fourth-order valence-electron chi connectivity index (χ4n) is 3.45. The van der Waals surface area contributed by atoms with Gasteiger partial charge in [-0.3, -0.25) is 0 Å². The smallest absolute Gasteiger partial charge is 0.0754 e. The minimum Gasteiger partial charge on any atom is -0.0754 e. The zero-order valence-electron chi connectivity index (χ0n) is 13.4. The summed E-state index contributed by atoms with van der Waals surface area (Å²) in [7, 11) is -1.91. The predicted molar refractivity (Wildman–Crippen MR) is 99.1 cm³/mol. The molecule has 22 heavy (non-hydrogen) atoms. The van der Waals surface area contributed by atoms with Crippen LogP contribution in [0.4, 0.5) is 0 Å². The van der Waals surface area contributed by atoms with E-state index in [-0.39, 0.29) is 0 Å². The lowest BCUT2D eigenvalue weighted by molar-refractivity contribution is 0.912. The highest BCUT2D eigenvalue weighted by molar-refractivity contribution is 7.06. The molecule has 0 atom stereocenters. The normalized spacial score (nSPS) is 15.1. The van der Waals surface area contributed by atoms with Crippen molar-refractivity contribution in [1.29, 1.82) is 0 Å². The zero-order chi connectivity index (χ0) is 15.4. The van der Waals surface area contributed by atoms with Crippen molar-refractivity contribution >= 4 is 18.4 Å². The maximum Gasteiger partial charge on any atom is 0.129 e. The molecule has 2 aromatic rings. The van der Waals surface area contributed by atoms with Crippen molar-refractivity contribution in [1.82, 2.24) is 0 Å². The lowest BCUT2D eigenvalue weighted by Gasteiger charge is -2.35. The summed E-state index contributed by atoms with van der Waals surface area (Å²) in [6.45, 7) is 4.76. The predicted octanol–water partition coefficient (Wildman–Crippen LogP) is 4.29. The molecule has 0 amide bonds. The Morgan fingerprint density at radius 1 is 0.818 bits per heavy atom. The molecule has 0 aliphatic heterocycles. The van der Waals surface area contributed by atoms with Crippen molar-refractivity contribution < 1.29 is 0 Å². The third kappa shape index (κ3) is 2.61. The van der Waals surface area contributed by atoms with Crippen LogP contribution in [0.3, 0.4) is 0 Å². The highest BCUT2D eigenvalue weighted by Crippen LogP contribution is 2.33. The van der Waals surface area contributed by atoms with Crippen LogP contribution >= 0.6 is 0 Å². The number of hydrogen-bond acceptors (Lipinski definition) is 0. The van der Waals surface area contributed by atoms with E-state index < -0.39 is 8.07 Å². The summed E-state index contributed by atoms with van der Waals surface area (Å²) in [5.74, 6) is 0. The molecule has 0 spiro atoms. The monoisotopic (exact) mass is 303 g/mol. The molecule has 0 nitrogen and oxygen atoms in total. The van der Waals surface area contributed by atoms with Gasteiger partial charge in [-0.15, -0.1) is 0 Å². The molecular weight excluding hydrogens is 280 g/mol. The molecule has 1 radical (unpaired) electrons. The Morgan fingerprint density at radius 2 is 1.36 bits per heavy atom. The zero-order valence-corrected chi connectivity index (χ0v) is 14.4. The fraction of sp³-hybridized carbons (Fsp3) is 0.190. The van der Waals surface area contributed by atoms with E-state index in [4.69, 9.17) is 0 Å². The van der Waals surface area contributed by atoms with Gasteiger partial charge in [0, 0.05) is 5.54 Å². The minimum atomic E-state index is -1.91. The first kappa shape index (κ1) is 15.0. The van der Waals surface area contributed by atoms with Crippen molar-refractivity contribution in [2.75, 3.05) is 0 Å². The van der Waals surface area contributed by atoms with Gasteiger partial charge < -0.3 is 0 Å². The van der Waals surface area contributed by atoms with Gasteiger partial charge in [0.1, 0.15) is 8.07 Å². The van der Waals surface area contributed by atoms with Gasteiger partial charge in [-0.25, -0.2) is 0 Å². The Morgan fingerprint density at radius 3 is 1.86 bits per heavy atom. The highest BCUT2D eigenvalue weighted by Gasteiger charge is 2.41. The molecule has 0 N–H and O–H groups in total. The molecule has 1 heteroatoms.